The fraction of sp³-hybridized carbons (Fsp3) is 0.257. The molecule has 2 aliphatic rings. The number of anilines is 1. The van der Waals surface area contributed by atoms with Crippen molar-refractivity contribution in [2.45, 2.75) is 29.3 Å². The van der Waals surface area contributed by atoms with Gasteiger partial charge in [0.1, 0.15) is 0 Å². The molecule has 232 valence electrons. The molecule has 0 spiro atoms. The molecule has 0 aromatic heterocycles. The minimum atomic E-state index is -4.03. The Morgan fingerprint density at radius 1 is 0.733 bits per heavy atom. The third-order valence-corrected chi connectivity index (χ3v) is 10.2. The zero-order valence-electron chi connectivity index (χ0n) is 25.1. The van der Waals surface area contributed by atoms with Crippen LogP contribution in [-0.4, -0.2) is 69.3 Å². The third kappa shape index (κ3) is 6.99. The first kappa shape index (κ1) is 30.7. The third-order valence-electron chi connectivity index (χ3n) is 8.30. The van der Waals surface area contributed by atoms with Crippen LogP contribution in [0.1, 0.15) is 38.3 Å². The lowest BCUT2D eigenvalue weighted by Crippen LogP contribution is -2.46. The summed E-state index contributed by atoms with van der Waals surface area (Å²) in [6.07, 6.45) is 0.794. The predicted molar refractivity (Wildman–Crippen MR) is 174 cm³/mol. The molecule has 10 heteroatoms. The number of carbonyl (C=O) groups excluding carboxylic acids is 2. The van der Waals surface area contributed by atoms with Crippen LogP contribution in [0.5, 0.6) is 0 Å². The number of sulfone groups is 1. The molecule has 2 amide bonds. The quantitative estimate of drug-likeness (QED) is 0.256. The zero-order valence-corrected chi connectivity index (χ0v) is 25.9. The van der Waals surface area contributed by atoms with Crippen molar-refractivity contribution in [1.82, 2.24) is 20.5 Å². The molecule has 2 N–H and O–H groups in total. The number of fused-ring (bicyclic) bond motifs is 2. The number of nitrogens with one attached hydrogen (secondary N) is 2. The summed E-state index contributed by atoms with van der Waals surface area (Å²) in [5.74, 6) is -0.828. The van der Waals surface area contributed by atoms with E-state index >= 15 is 0 Å². The second kappa shape index (κ2) is 13.7. The van der Waals surface area contributed by atoms with E-state index in [9.17, 15) is 18.0 Å². The minimum Gasteiger partial charge on any atom is -0.352 e. The summed E-state index contributed by atoms with van der Waals surface area (Å²) in [6.45, 7) is 6.61. The monoisotopic (exact) mass is 623 g/mol. The number of benzene rings is 4. The van der Waals surface area contributed by atoms with E-state index in [0.717, 1.165) is 51.3 Å². The van der Waals surface area contributed by atoms with Crippen molar-refractivity contribution in [3.63, 3.8) is 0 Å². The Bertz CT molecular complexity index is 1760. The maximum atomic E-state index is 13.8. The maximum Gasteiger partial charge on any atom is 0.274 e. The van der Waals surface area contributed by atoms with E-state index in [0.29, 0.717) is 6.54 Å². The fourth-order valence-corrected chi connectivity index (χ4v) is 7.44. The van der Waals surface area contributed by atoms with Gasteiger partial charge < -0.3 is 10.2 Å². The van der Waals surface area contributed by atoms with E-state index in [2.05, 4.69) is 44.8 Å². The first-order valence-electron chi connectivity index (χ1n) is 15.3. The van der Waals surface area contributed by atoms with Gasteiger partial charge in [-0.05, 0) is 54.4 Å². The van der Waals surface area contributed by atoms with E-state index in [-0.39, 0.29) is 39.1 Å². The topological polar surface area (TPSA) is 102 Å². The smallest absolute Gasteiger partial charge is 0.274 e. The second-order valence-corrected chi connectivity index (χ2v) is 13.2. The summed E-state index contributed by atoms with van der Waals surface area (Å²) in [5, 5.41) is 4.22. The molecular weight excluding hydrogens is 586 g/mol. The zero-order chi connectivity index (χ0) is 31.2. The van der Waals surface area contributed by atoms with Crippen LogP contribution < -0.4 is 15.8 Å². The van der Waals surface area contributed by atoms with E-state index in [1.807, 2.05) is 36.4 Å². The largest absolute Gasteiger partial charge is 0.352 e. The van der Waals surface area contributed by atoms with Gasteiger partial charge in [0.2, 0.25) is 9.84 Å². The van der Waals surface area contributed by atoms with E-state index in [4.69, 9.17) is 0 Å². The van der Waals surface area contributed by atoms with Gasteiger partial charge in [-0.15, -0.1) is 0 Å². The van der Waals surface area contributed by atoms with Crippen molar-refractivity contribution in [3.8, 4) is 0 Å². The van der Waals surface area contributed by atoms with Crippen molar-refractivity contribution in [2.75, 3.05) is 44.3 Å². The average Bonchev–Trinajstić information content (AvgIpc) is 3.14. The lowest BCUT2D eigenvalue weighted by Gasteiger charge is -2.34. The number of carbonyl (C=O) groups is 2. The van der Waals surface area contributed by atoms with Gasteiger partial charge in [-0.3, -0.25) is 14.5 Å². The van der Waals surface area contributed by atoms with E-state index in [1.54, 1.807) is 12.1 Å². The van der Waals surface area contributed by atoms with Gasteiger partial charge >= 0.3 is 0 Å². The molecule has 2 aliphatic heterocycles. The standard InChI is InChI=1S/C35H37N5O4S/c41-34(36-18-9-19-38-20-22-39(23-21-38)26-28-12-5-2-6-13-28)29-16-17-33-31(24-29)40(37-25-27-10-3-1-4-11-27)35(42)30-14-7-8-15-32(30)45(33,43)44/h1-8,10-17,24,37H,9,18-23,25-26H2,(H,36,41). The summed E-state index contributed by atoms with van der Waals surface area (Å²) >= 11 is 0. The van der Waals surface area contributed by atoms with Crippen LogP contribution in [0.15, 0.2) is 113 Å². The lowest BCUT2D eigenvalue weighted by atomic mass is 10.1. The lowest BCUT2D eigenvalue weighted by molar-refractivity contribution is 0.0942. The molecule has 45 heavy (non-hydrogen) atoms. The van der Waals surface area contributed by atoms with Crippen LogP contribution in [0.2, 0.25) is 0 Å². The van der Waals surface area contributed by atoms with Gasteiger partial charge in [0, 0.05) is 51.4 Å². The predicted octanol–water partition coefficient (Wildman–Crippen LogP) is 4.12. The Hall–Kier alpha value is -4.35. The van der Waals surface area contributed by atoms with Crippen molar-refractivity contribution >= 4 is 27.3 Å². The molecule has 6 rings (SSSR count). The van der Waals surface area contributed by atoms with Crippen LogP contribution in [-0.2, 0) is 22.9 Å². The molecule has 1 fully saturated rings. The summed E-state index contributed by atoms with van der Waals surface area (Å²) in [6, 6.07) is 30.6. The first-order valence-corrected chi connectivity index (χ1v) is 16.8. The second-order valence-electron chi connectivity index (χ2n) is 11.4. The summed E-state index contributed by atoms with van der Waals surface area (Å²) in [7, 11) is -4.03. The van der Waals surface area contributed by atoms with Gasteiger partial charge in [-0.1, -0.05) is 72.8 Å². The molecule has 4 aromatic rings. The molecule has 9 nitrogen and oxygen atoms in total. The molecule has 4 aromatic carbocycles. The van der Waals surface area contributed by atoms with Crippen LogP contribution >= 0.6 is 0 Å². The van der Waals surface area contributed by atoms with Gasteiger partial charge in [0.05, 0.1) is 21.0 Å². The van der Waals surface area contributed by atoms with Gasteiger partial charge in [-0.2, -0.15) is 0 Å². The molecule has 1 saturated heterocycles. The first-order chi connectivity index (χ1) is 21.9. The van der Waals surface area contributed by atoms with Crippen LogP contribution in [0, 0.1) is 0 Å². The Kier molecular flexibility index (Phi) is 9.37. The number of rotatable bonds is 10. The Balaban J connectivity index is 1.11. The number of hydrogen-bond acceptors (Lipinski definition) is 7. The fourth-order valence-electron chi connectivity index (χ4n) is 5.83. The molecule has 0 bridgehead atoms. The molecule has 0 unspecified atom stereocenters. The number of nitrogens with zero attached hydrogens (tertiary/aromatic N) is 3. The van der Waals surface area contributed by atoms with E-state index < -0.39 is 15.7 Å². The van der Waals surface area contributed by atoms with E-state index in [1.165, 1.54) is 40.9 Å². The van der Waals surface area contributed by atoms with Crippen LogP contribution in [0.25, 0.3) is 0 Å². The Morgan fingerprint density at radius 2 is 1.38 bits per heavy atom. The molecule has 0 radical (unpaired) electrons. The number of amides is 2. The van der Waals surface area contributed by atoms with Crippen LogP contribution in [0.3, 0.4) is 0 Å². The molecule has 0 aliphatic carbocycles. The van der Waals surface area contributed by atoms with Gasteiger partial charge in [-0.25, -0.2) is 18.9 Å². The highest BCUT2D eigenvalue weighted by Gasteiger charge is 2.36. The van der Waals surface area contributed by atoms with Gasteiger partial charge in [0.15, 0.2) is 0 Å². The number of hydrogen-bond donors (Lipinski definition) is 2. The molecular formula is C35H37N5O4S. The highest BCUT2D eigenvalue weighted by molar-refractivity contribution is 7.91. The summed E-state index contributed by atoms with van der Waals surface area (Å²) in [4.78, 5) is 31.8. The molecule has 2 heterocycles. The van der Waals surface area contributed by atoms with Crippen molar-refractivity contribution in [1.29, 1.82) is 0 Å². The SMILES string of the molecule is O=C(NCCCN1CCN(Cc2ccccc2)CC1)c1ccc2c(c1)N(NCc1ccccc1)C(=O)c1ccccc1S2(=O)=O. The normalized spacial score (nSPS) is 16.4. The van der Waals surface area contributed by atoms with Crippen LogP contribution in [0.4, 0.5) is 5.69 Å². The van der Waals surface area contributed by atoms with Crippen molar-refractivity contribution in [2.24, 2.45) is 0 Å². The average molecular weight is 624 g/mol. The number of piperazine rings is 1. The van der Waals surface area contributed by atoms with Gasteiger partial charge in [0.25, 0.3) is 11.8 Å². The van der Waals surface area contributed by atoms with Crippen molar-refractivity contribution in [3.05, 3.63) is 125 Å². The number of hydrazine groups is 1. The summed E-state index contributed by atoms with van der Waals surface area (Å²) in [5.41, 5.74) is 5.83. The minimum absolute atomic E-state index is 0.0377. The Labute approximate surface area is 264 Å². The highest BCUT2D eigenvalue weighted by Crippen LogP contribution is 2.36. The molecule has 0 saturated carbocycles. The Morgan fingerprint density at radius 3 is 2.11 bits per heavy atom. The maximum absolute atomic E-state index is 13.8. The molecule has 0 atom stereocenters. The van der Waals surface area contributed by atoms with Crippen molar-refractivity contribution < 1.29 is 18.0 Å². The summed E-state index contributed by atoms with van der Waals surface area (Å²) < 4.78 is 27.4. The highest BCUT2D eigenvalue weighted by atomic mass is 32.2.